The highest BCUT2D eigenvalue weighted by molar-refractivity contribution is 7.13. The largest absolute Gasteiger partial charge is 0.353 e. The molecule has 2 aromatic rings. The number of benzene rings is 1. The van der Waals surface area contributed by atoms with Crippen LogP contribution in [0.2, 0.25) is 0 Å². The maximum atomic E-state index is 13.3. The lowest BCUT2D eigenvalue weighted by atomic mass is 9.84. The van der Waals surface area contributed by atoms with Gasteiger partial charge in [0.1, 0.15) is 10.8 Å². The minimum absolute atomic E-state index is 0.0337. The first-order valence-corrected chi connectivity index (χ1v) is 9.96. The SMILES string of the molecule is C[C@@H](NC(=O)Cc1csc(-c2cccc(F)c2)n1)[C@H]1C[C@@H]2CC[C@@H]1C2. The lowest BCUT2D eigenvalue weighted by Gasteiger charge is -2.28. The third kappa shape index (κ3) is 3.61. The second-order valence-corrected chi connectivity index (χ2v) is 8.38. The van der Waals surface area contributed by atoms with Gasteiger partial charge in [-0.1, -0.05) is 18.6 Å². The number of carbonyl (C=O) groups is 1. The first kappa shape index (κ1) is 16.7. The molecule has 1 aromatic carbocycles. The Hall–Kier alpha value is -1.75. The molecule has 4 atom stereocenters. The van der Waals surface area contributed by atoms with Crippen LogP contribution in [-0.2, 0) is 11.2 Å². The van der Waals surface area contributed by atoms with Crippen molar-refractivity contribution in [3.05, 3.63) is 41.2 Å². The summed E-state index contributed by atoms with van der Waals surface area (Å²) in [5.74, 6) is 2.10. The molecule has 0 unspecified atom stereocenters. The van der Waals surface area contributed by atoms with Gasteiger partial charge in [0.25, 0.3) is 0 Å². The monoisotopic (exact) mass is 358 g/mol. The van der Waals surface area contributed by atoms with Crippen molar-refractivity contribution in [3.63, 3.8) is 0 Å². The molecule has 2 saturated carbocycles. The number of nitrogens with zero attached hydrogens (tertiary/aromatic N) is 1. The van der Waals surface area contributed by atoms with Crippen LogP contribution in [0, 0.1) is 23.6 Å². The number of halogens is 1. The molecule has 2 bridgehead atoms. The van der Waals surface area contributed by atoms with E-state index in [2.05, 4.69) is 17.2 Å². The van der Waals surface area contributed by atoms with Crippen molar-refractivity contribution in [2.45, 2.75) is 45.1 Å². The molecule has 1 amide bonds. The highest BCUT2D eigenvalue weighted by atomic mass is 32.1. The molecule has 2 aliphatic rings. The van der Waals surface area contributed by atoms with Crippen LogP contribution in [-0.4, -0.2) is 16.9 Å². The lowest BCUT2D eigenvalue weighted by Crippen LogP contribution is -2.40. The third-order valence-corrected chi connectivity index (χ3v) is 6.73. The molecular weight excluding hydrogens is 335 g/mol. The fourth-order valence-electron chi connectivity index (χ4n) is 4.63. The summed E-state index contributed by atoms with van der Waals surface area (Å²) in [6.07, 6.45) is 5.62. The number of thiazole rings is 1. The topological polar surface area (TPSA) is 42.0 Å². The number of nitrogens with one attached hydrogen (secondary N) is 1. The molecule has 5 heteroatoms. The molecule has 25 heavy (non-hydrogen) atoms. The van der Waals surface area contributed by atoms with Crippen LogP contribution in [0.5, 0.6) is 0 Å². The molecule has 1 aromatic heterocycles. The Bertz CT molecular complexity index is 775. The molecule has 3 nitrogen and oxygen atoms in total. The highest BCUT2D eigenvalue weighted by Crippen LogP contribution is 2.49. The standard InChI is InChI=1S/C20H23FN2OS/c1-12(18-8-13-5-6-14(18)7-13)22-19(24)10-17-11-25-20(23-17)15-3-2-4-16(21)9-15/h2-4,9,11-14,18H,5-8,10H2,1H3,(H,22,24)/t12-,13-,14-,18-/m1/s1. The second kappa shape index (κ2) is 6.87. The van der Waals surface area contributed by atoms with E-state index >= 15 is 0 Å². The van der Waals surface area contributed by atoms with E-state index in [1.807, 2.05) is 11.4 Å². The number of aromatic nitrogens is 1. The van der Waals surface area contributed by atoms with Gasteiger partial charge in [0, 0.05) is 17.0 Å². The van der Waals surface area contributed by atoms with E-state index in [0.717, 1.165) is 28.1 Å². The van der Waals surface area contributed by atoms with Gasteiger partial charge < -0.3 is 5.32 Å². The van der Waals surface area contributed by atoms with Gasteiger partial charge in [0.2, 0.25) is 5.91 Å². The summed E-state index contributed by atoms with van der Waals surface area (Å²) in [4.78, 5) is 16.9. The van der Waals surface area contributed by atoms with E-state index in [4.69, 9.17) is 0 Å². The zero-order chi connectivity index (χ0) is 17.4. The number of amides is 1. The Morgan fingerprint density at radius 2 is 2.28 bits per heavy atom. The summed E-state index contributed by atoms with van der Waals surface area (Å²) >= 11 is 1.45. The molecule has 4 rings (SSSR count). The van der Waals surface area contributed by atoms with E-state index in [-0.39, 0.29) is 24.2 Å². The smallest absolute Gasteiger partial charge is 0.226 e. The van der Waals surface area contributed by atoms with Gasteiger partial charge in [-0.2, -0.15) is 0 Å². The molecule has 2 fully saturated rings. The Balaban J connectivity index is 1.35. The maximum absolute atomic E-state index is 13.3. The van der Waals surface area contributed by atoms with Crippen molar-refractivity contribution in [2.75, 3.05) is 0 Å². The van der Waals surface area contributed by atoms with E-state index in [1.165, 1.54) is 49.2 Å². The summed E-state index contributed by atoms with van der Waals surface area (Å²) in [6, 6.07) is 6.64. The third-order valence-electron chi connectivity index (χ3n) is 5.79. The van der Waals surface area contributed by atoms with Crippen molar-refractivity contribution < 1.29 is 9.18 Å². The number of hydrogen-bond acceptors (Lipinski definition) is 3. The van der Waals surface area contributed by atoms with Crippen LogP contribution in [0.15, 0.2) is 29.6 Å². The van der Waals surface area contributed by atoms with Crippen LogP contribution in [0.3, 0.4) is 0 Å². The van der Waals surface area contributed by atoms with Gasteiger partial charge in [-0.05, 0) is 56.1 Å². The fourth-order valence-corrected chi connectivity index (χ4v) is 5.44. The summed E-state index contributed by atoms with van der Waals surface area (Å²) < 4.78 is 13.3. The summed E-state index contributed by atoms with van der Waals surface area (Å²) in [5, 5.41) is 5.82. The normalized spacial score (nSPS) is 25.9. The summed E-state index contributed by atoms with van der Waals surface area (Å²) in [7, 11) is 0. The molecule has 1 N–H and O–H groups in total. The molecule has 0 aliphatic heterocycles. The van der Waals surface area contributed by atoms with Gasteiger partial charge in [-0.25, -0.2) is 9.37 Å². The first-order valence-electron chi connectivity index (χ1n) is 9.08. The van der Waals surface area contributed by atoms with Crippen molar-refractivity contribution in [1.82, 2.24) is 10.3 Å². The van der Waals surface area contributed by atoms with Crippen molar-refractivity contribution in [2.24, 2.45) is 17.8 Å². The van der Waals surface area contributed by atoms with Crippen LogP contribution in [0.25, 0.3) is 10.6 Å². The van der Waals surface area contributed by atoms with E-state index in [1.54, 1.807) is 6.07 Å². The zero-order valence-electron chi connectivity index (χ0n) is 14.4. The molecule has 1 heterocycles. The van der Waals surface area contributed by atoms with Gasteiger partial charge in [0.05, 0.1) is 12.1 Å². The highest BCUT2D eigenvalue weighted by Gasteiger charge is 2.42. The predicted molar refractivity (Wildman–Crippen MR) is 97.8 cm³/mol. The average molecular weight is 358 g/mol. The van der Waals surface area contributed by atoms with E-state index in [0.29, 0.717) is 5.92 Å². The second-order valence-electron chi connectivity index (χ2n) is 7.53. The molecule has 0 spiro atoms. The maximum Gasteiger partial charge on any atom is 0.226 e. The van der Waals surface area contributed by atoms with Crippen LogP contribution >= 0.6 is 11.3 Å². The molecule has 132 valence electrons. The lowest BCUT2D eigenvalue weighted by molar-refractivity contribution is -0.121. The number of hydrogen-bond donors (Lipinski definition) is 1. The number of rotatable bonds is 5. The van der Waals surface area contributed by atoms with Crippen LogP contribution in [0.1, 0.15) is 38.3 Å². The van der Waals surface area contributed by atoms with Crippen molar-refractivity contribution >= 4 is 17.2 Å². The molecular formula is C20H23FN2OS. The predicted octanol–water partition coefficient (Wildman–Crippen LogP) is 4.43. The fraction of sp³-hybridized carbons (Fsp3) is 0.500. The quantitative estimate of drug-likeness (QED) is 0.859. The van der Waals surface area contributed by atoms with Gasteiger partial charge >= 0.3 is 0 Å². The Morgan fingerprint density at radius 3 is 3.00 bits per heavy atom. The Kier molecular flexibility index (Phi) is 4.59. The van der Waals surface area contributed by atoms with Crippen molar-refractivity contribution in [3.8, 4) is 10.6 Å². The number of carbonyl (C=O) groups excluding carboxylic acids is 1. The van der Waals surface area contributed by atoms with Gasteiger partial charge in [-0.3, -0.25) is 4.79 Å². The average Bonchev–Trinajstić information content (AvgIpc) is 3.31. The molecule has 2 aliphatic carbocycles. The Morgan fingerprint density at radius 1 is 1.40 bits per heavy atom. The minimum atomic E-state index is -0.272. The van der Waals surface area contributed by atoms with Gasteiger partial charge in [0.15, 0.2) is 0 Å². The zero-order valence-corrected chi connectivity index (χ0v) is 15.2. The Labute approximate surface area is 151 Å². The van der Waals surface area contributed by atoms with Crippen LogP contribution in [0.4, 0.5) is 4.39 Å². The number of fused-ring (bicyclic) bond motifs is 2. The van der Waals surface area contributed by atoms with E-state index in [9.17, 15) is 9.18 Å². The van der Waals surface area contributed by atoms with Gasteiger partial charge in [-0.15, -0.1) is 11.3 Å². The van der Waals surface area contributed by atoms with E-state index < -0.39 is 0 Å². The van der Waals surface area contributed by atoms with Crippen molar-refractivity contribution in [1.29, 1.82) is 0 Å². The molecule has 0 saturated heterocycles. The van der Waals surface area contributed by atoms with Crippen LogP contribution < -0.4 is 5.32 Å². The first-order chi connectivity index (χ1) is 12.1. The molecule has 0 radical (unpaired) electrons. The minimum Gasteiger partial charge on any atom is -0.353 e. The summed E-state index contributed by atoms with van der Waals surface area (Å²) in [6.45, 7) is 2.14. The summed E-state index contributed by atoms with van der Waals surface area (Å²) in [5.41, 5.74) is 1.51.